The van der Waals surface area contributed by atoms with Crippen molar-refractivity contribution in [2.75, 3.05) is 0 Å². The molecule has 0 amide bonds. The largest absolute Gasteiger partial charge is 0.327 e. The lowest BCUT2D eigenvalue weighted by Crippen LogP contribution is -2.28. The summed E-state index contributed by atoms with van der Waals surface area (Å²) in [6.07, 6.45) is 6.43. The Hall–Kier alpha value is -0.340. The lowest BCUT2D eigenvalue weighted by Gasteiger charge is -2.28. The summed E-state index contributed by atoms with van der Waals surface area (Å²) in [5, 5.41) is 0. The first-order chi connectivity index (χ1) is 7.24. The van der Waals surface area contributed by atoms with E-state index in [1.807, 2.05) is 0 Å². The first-order valence-electron chi connectivity index (χ1n) is 5.74. The zero-order valence-corrected chi connectivity index (χ0v) is 10.5. The van der Waals surface area contributed by atoms with Gasteiger partial charge in [-0.3, -0.25) is 0 Å². The Kier molecular flexibility index (Phi) is 3.81. The zero-order chi connectivity index (χ0) is 10.7. The highest BCUT2D eigenvalue weighted by atomic mass is 79.9. The summed E-state index contributed by atoms with van der Waals surface area (Å²) in [5.74, 6) is 0.912. The summed E-state index contributed by atoms with van der Waals surface area (Å²) >= 11 is 3.44. The van der Waals surface area contributed by atoms with Crippen molar-refractivity contribution in [1.82, 2.24) is 0 Å². The van der Waals surface area contributed by atoms with Gasteiger partial charge in [0.15, 0.2) is 0 Å². The van der Waals surface area contributed by atoms with Crippen LogP contribution >= 0.6 is 15.9 Å². The van der Waals surface area contributed by atoms with Crippen molar-refractivity contribution < 1.29 is 0 Å². The second kappa shape index (κ2) is 5.13. The molecule has 1 saturated carbocycles. The van der Waals surface area contributed by atoms with Gasteiger partial charge in [-0.1, -0.05) is 47.3 Å². The maximum absolute atomic E-state index is 6.14. The predicted molar refractivity (Wildman–Crippen MR) is 67.8 cm³/mol. The van der Waals surface area contributed by atoms with Crippen molar-refractivity contribution in [3.8, 4) is 0 Å². The Morgan fingerprint density at radius 1 is 1.27 bits per heavy atom. The van der Waals surface area contributed by atoms with Crippen LogP contribution in [-0.2, 0) is 6.42 Å². The molecule has 0 radical (unpaired) electrons. The number of hydrogen-bond donors (Lipinski definition) is 1. The molecule has 2 N–H and O–H groups in total. The van der Waals surface area contributed by atoms with E-state index in [0.717, 1.165) is 16.8 Å². The van der Waals surface area contributed by atoms with E-state index >= 15 is 0 Å². The van der Waals surface area contributed by atoms with Gasteiger partial charge in [0.25, 0.3) is 0 Å². The molecule has 0 bridgehead atoms. The van der Waals surface area contributed by atoms with Crippen molar-refractivity contribution in [3.05, 3.63) is 34.3 Å². The smallest absolute Gasteiger partial charge is 0.0175 e. The van der Waals surface area contributed by atoms with E-state index in [4.69, 9.17) is 5.73 Å². The quantitative estimate of drug-likeness (QED) is 0.888. The summed E-state index contributed by atoms with van der Waals surface area (Å²) in [6.45, 7) is 0. The second-order valence-electron chi connectivity index (χ2n) is 4.62. The van der Waals surface area contributed by atoms with Gasteiger partial charge in [0.05, 0.1) is 0 Å². The number of hydrogen-bond acceptors (Lipinski definition) is 1. The van der Waals surface area contributed by atoms with Gasteiger partial charge in [-0.05, 0) is 36.5 Å². The highest BCUT2D eigenvalue weighted by molar-refractivity contribution is 9.10. The average Bonchev–Trinajstić information content (AvgIpc) is 2.16. The molecule has 1 nitrogen and oxygen atoms in total. The Labute approximate surface area is 100 Å². The molecule has 1 aromatic rings. The predicted octanol–water partition coefficient (Wildman–Crippen LogP) is 3.51. The van der Waals surface area contributed by atoms with Crippen molar-refractivity contribution in [3.63, 3.8) is 0 Å². The highest BCUT2D eigenvalue weighted by Crippen LogP contribution is 2.30. The third kappa shape index (κ3) is 3.32. The molecular formula is C13H18BrN. The minimum Gasteiger partial charge on any atom is -0.327 e. The van der Waals surface area contributed by atoms with Crippen molar-refractivity contribution in [2.24, 2.45) is 11.7 Å². The van der Waals surface area contributed by atoms with Crippen LogP contribution in [0.25, 0.3) is 0 Å². The fourth-order valence-electron chi connectivity index (χ4n) is 2.16. The normalized spacial score (nSPS) is 18.5. The SMILES string of the molecule is NC(Cc1ccc(Br)cc1)CC1CCC1. The van der Waals surface area contributed by atoms with Crippen molar-refractivity contribution >= 4 is 15.9 Å². The molecular weight excluding hydrogens is 250 g/mol. The fourth-order valence-corrected chi connectivity index (χ4v) is 2.43. The van der Waals surface area contributed by atoms with Crippen LogP contribution in [0.2, 0.25) is 0 Å². The first-order valence-corrected chi connectivity index (χ1v) is 6.53. The average molecular weight is 268 g/mol. The number of halogens is 1. The zero-order valence-electron chi connectivity index (χ0n) is 8.95. The molecule has 0 spiro atoms. The molecule has 1 aliphatic rings. The fraction of sp³-hybridized carbons (Fsp3) is 0.538. The minimum atomic E-state index is 0.344. The molecule has 0 aliphatic heterocycles. The lowest BCUT2D eigenvalue weighted by atomic mass is 9.80. The van der Waals surface area contributed by atoms with Crippen molar-refractivity contribution in [1.29, 1.82) is 0 Å². The number of benzene rings is 1. The topological polar surface area (TPSA) is 26.0 Å². The molecule has 0 saturated heterocycles. The third-order valence-corrected chi connectivity index (χ3v) is 3.80. The summed E-state index contributed by atoms with van der Waals surface area (Å²) in [4.78, 5) is 0. The summed E-state index contributed by atoms with van der Waals surface area (Å²) in [5.41, 5.74) is 7.49. The Morgan fingerprint density at radius 3 is 2.47 bits per heavy atom. The molecule has 82 valence electrons. The summed E-state index contributed by atoms with van der Waals surface area (Å²) < 4.78 is 1.14. The van der Waals surface area contributed by atoms with Gasteiger partial charge in [0.1, 0.15) is 0 Å². The van der Waals surface area contributed by atoms with E-state index in [1.54, 1.807) is 0 Å². The van der Waals surface area contributed by atoms with Crippen LogP contribution in [0.15, 0.2) is 28.7 Å². The van der Waals surface area contributed by atoms with Crippen LogP contribution in [0.5, 0.6) is 0 Å². The molecule has 0 aromatic heterocycles. The maximum Gasteiger partial charge on any atom is 0.0175 e. The van der Waals surface area contributed by atoms with Gasteiger partial charge in [-0.2, -0.15) is 0 Å². The highest BCUT2D eigenvalue weighted by Gasteiger charge is 2.20. The molecule has 2 rings (SSSR count). The summed E-state index contributed by atoms with van der Waals surface area (Å²) in [6, 6.07) is 8.84. The Morgan fingerprint density at radius 2 is 1.93 bits per heavy atom. The van der Waals surface area contributed by atoms with Crippen LogP contribution < -0.4 is 5.73 Å². The molecule has 2 heteroatoms. The molecule has 15 heavy (non-hydrogen) atoms. The van der Waals surface area contributed by atoms with Gasteiger partial charge in [0.2, 0.25) is 0 Å². The van der Waals surface area contributed by atoms with Gasteiger partial charge >= 0.3 is 0 Å². The molecule has 1 atom stereocenters. The van der Waals surface area contributed by atoms with E-state index in [-0.39, 0.29) is 0 Å². The van der Waals surface area contributed by atoms with Gasteiger partial charge in [0, 0.05) is 10.5 Å². The Balaban J connectivity index is 1.82. The first kappa shape index (κ1) is 11.2. The van der Waals surface area contributed by atoms with E-state index in [0.29, 0.717) is 6.04 Å². The van der Waals surface area contributed by atoms with E-state index in [1.165, 1.54) is 31.2 Å². The standard InChI is InChI=1S/C13H18BrN/c14-12-6-4-11(5-7-12)9-13(15)8-10-2-1-3-10/h4-7,10,13H,1-3,8-9,15H2. The van der Waals surface area contributed by atoms with E-state index in [9.17, 15) is 0 Å². The molecule has 1 aliphatic carbocycles. The van der Waals surface area contributed by atoms with Crippen LogP contribution in [0, 0.1) is 5.92 Å². The molecule has 1 aromatic carbocycles. The minimum absolute atomic E-state index is 0.344. The van der Waals surface area contributed by atoms with E-state index < -0.39 is 0 Å². The summed E-state index contributed by atoms with van der Waals surface area (Å²) in [7, 11) is 0. The maximum atomic E-state index is 6.14. The third-order valence-electron chi connectivity index (χ3n) is 3.27. The monoisotopic (exact) mass is 267 g/mol. The van der Waals surface area contributed by atoms with Gasteiger partial charge in [-0.15, -0.1) is 0 Å². The molecule has 0 heterocycles. The van der Waals surface area contributed by atoms with E-state index in [2.05, 4.69) is 40.2 Å². The number of nitrogens with two attached hydrogens (primary N) is 1. The van der Waals surface area contributed by atoms with Crippen molar-refractivity contribution in [2.45, 2.75) is 38.1 Å². The number of rotatable bonds is 4. The lowest BCUT2D eigenvalue weighted by molar-refractivity contribution is 0.275. The molecule has 1 fully saturated rings. The van der Waals surface area contributed by atoms with Crippen LogP contribution in [-0.4, -0.2) is 6.04 Å². The Bertz CT molecular complexity index is 303. The van der Waals surface area contributed by atoms with Crippen LogP contribution in [0.3, 0.4) is 0 Å². The second-order valence-corrected chi connectivity index (χ2v) is 5.54. The molecule has 1 unspecified atom stereocenters. The van der Waals surface area contributed by atoms with Crippen LogP contribution in [0.1, 0.15) is 31.2 Å². The van der Waals surface area contributed by atoms with Crippen LogP contribution in [0.4, 0.5) is 0 Å². The van der Waals surface area contributed by atoms with Gasteiger partial charge in [-0.25, -0.2) is 0 Å². The van der Waals surface area contributed by atoms with Gasteiger partial charge < -0.3 is 5.73 Å².